The standard InChI is InChI=1S/C30H42N2O/c1-21-28-18-23-8-13-26(33-5)19-27(23)30(21,15-17-32(28)20-22-6-7-22)14-16-31-25-11-9-24(10-12-25)29(2,3)4/h8-13,19,21-22,28,31H,6-7,14-18,20H2,1-5H3. The monoisotopic (exact) mass is 446 g/mol. The summed E-state index contributed by atoms with van der Waals surface area (Å²) >= 11 is 0. The quantitative estimate of drug-likeness (QED) is 0.532. The number of hydrogen-bond acceptors (Lipinski definition) is 3. The van der Waals surface area contributed by atoms with Gasteiger partial charge in [0.15, 0.2) is 0 Å². The van der Waals surface area contributed by atoms with Crippen LogP contribution < -0.4 is 10.1 Å². The highest BCUT2D eigenvalue weighted by Gasteiger charge is 2.51. The predicted molar refractivity (Wildman–Crippen MR) is 138 cm³/mol. The van der Waals surface area contributed by atoms with Crippen LogP contribution in [0.1, 0.15) is 70.1 Å². The number of methoxy groups -OCH3 is 1. The van der Waals surface area contributed by atoms with Crippen LogP contribution in [0.4, 0.5) is 5.69 Å². The molecule has 3 aliphatic rings. The largest absolute Gasteiger partial charge is 0.497 e. The number of piperidine rings is 1. The molecular formula is C30H42N2O. The first kappa shape index (κ1) is 22.8. The maximum Gasteiger partial charge on any atom is 0.119 e. The van der Waals surface area contributed by atoms with Gasteiger partial charge in [-0.25, -0.2) is 0 Å². The molecule has 0 aromatic heterocycles. The summed E-state index contributed by atoms with van der Waals surface area (Å²) in [6.45, 7) is 12.9. The van der Waals surface area contributed by atoms with Crippen LogP contribution in [0, 0.1) is 11.8 Å². The van der Waals surface area contributed by atoms with E-state index in [1.165, 1.54) is 56.4 Å². The van der Waals surface area contributed by atoms with Crippen molar-refractivity contribution in [3.8, 4) is 5.75 Å². The molecule has 33 heavy (non-hydrogen) atoms. The number of benzene rings is 2. The summed E-state index contributed by atoms with van der Waals surface area (Å²) in [6.07, 6.45) is 6.49. The van der Waals surface area contributed by atoms with Crippen LogP contribution in [-0.4, -0.2) is 37.7 Å². The molecule has 2 fully saturated rings. The first-order valence-corrected chi connectivity index (χ1v) is 13.1. The zero-order valence-corrected chi connectivity index (χ0v) is 21.3. The van der Waals surface area contributed by atoms with Crippen LogP contribution in [0.2, 0.25) is 0 Å². The highest BCUT2D eigenvalue weighted by atomic mass is 16.5. The fourth-order valence-corrected chi connectivity index (χ4v) is 6.52. The van der Waals surface area contributed by atoms with Crippen molar-refractivity contribution in [2.45, 2.75) is 76.7 Å². The summed E-state index contributed by atoms with van der Waals surface area (Å²) in [6, 6.07) is 16.6. The molecule has 3 nitrogen and oxygen atoms in total. The Labute approximate surface area is 200 Å². The lowest BCUT2D eigenvalue weighted by atomic mass is 9.56. The Bertz CT molecular complexity index is 972. The van der Waals surface area contributed by atoms with E-state index < -0.39 is 0 Å². The second-order valence-corrected chi connectivity index (χ2v) is 11.9. The van der Waals surface area contributed by atoms with Crippen molar-refractivity contribution in [2.24, 2.45) is 11.8 Å². The van der Waals surface area contributed by atoms with Crippen molar-refractivity contribution < 1.29 is 4.74 Å². The van der Waals surface area contributed by atoms with Gasteiger partial charge >= 0.3 is 0 Å². The van der Waals surface area contributed by atoms with E-state index in [1.807, 2.05) is 0 Å². The third kappa shape index (κ3) is 4.41. The summed E-state index contributed by atoms with van der Waals surface area (Å²) < 4.78 is 5.67. The number of hydrogen-bond donors (Lipinski definition) is 1. The lowest BCUT2D eigenvalue weighted by molar-refractivity contribution is 0.0173. The topological polar surface area (TPSA) is 24.5 Å². The highest BCUT2D eigenvalue weighted by Crippen LogP contribution is 2.52. The van der Waals surface area contributed by atoms with Crippen molar-refractivity contribution in [3.63, 3.8) is 0 Å². The lowest BCUT2D eigenvalue weighted by Crippen LogP contribution is -2.59. The molecule has 3 unspecified atom stereocenters. The molecule has 3 heteroatoms. The van der Waals surface area contributed by atoms with E-state index in [-0.39, 0.29) is 10.8 Å². The molecule has 1 N–H and O–H groups in total. The highest BCUT2D eigenvalue weighted by molar-refractivity contribution is 5.48. The van der Waals surface area contributed by atoms with Crippen LogP contribution in [0.5, 0.6) is 5.75 Å². The number of nitrogens with zero attached hydrogens (tertiary/aromatic N) is 1. The molecule has 1 aliphatic heterocycles. The van der Waals surface area contributed by atoms with Gasteiger partial charge in [0.1, 0.15) is 5.75 Å². The Balaban J connectivity index is 1.37. The molecule has 1 saturated carbocycles. The Kier molecular flexibility index (Phi) is 5.97. The molecule has 1 heterocycles. The molecule has 2 aromatic rings. The molecule has 0 radical (unpaired) electrons. The van der Waals surface area contributed by atoms with Crippen LogP contribution in [-0.2, 0) is 17.3 Å². The van der Waals surface area contributed by atoms with E-state index in [4.69, 9.17) is 4.74 Å². The van der Waals surface area contributed by atoms with Gasteiger partial charge in [-0.05, 0) is 96.9 Å². The number of fused-ring (bicyclic) bond motifs is 4. The van der Waals surface area contributed by atoms with Gasteiger partial charge in [0.2, 0.25) is 0 Å². The molecule has 0 amide bonds. The van der Waals surface area contributed by atoms with Crippen LogP contribution >= 0.6 is 0 Å². The van der Waals surface area contributed by atoms with Gasteiger partial charge in [-0.2, -0.15) is 0 Å². The molecule has 5 rings (SSSR count). The zero-order chi connectivity index (χ0) is 23.2. The SMILES string of the molecule is COc1ccc2c(c1)C1(CCNc3ccc(C(C)(C)C)cc3)CCN(CC3CC3)C(C2)C1C. The van der Waals surface area contributed by atoms with Gasteiger partial charge < -0.3 is 10.1 Å². The average molecular weight is 447 g/mol. The van der Waals surface area contributed by atoms with E-state index >= 15 is 0 Å². The fraction of sp³-hybridized carbons (Fsp3) is 0.600. The van der Waals surface area contributed by atoms with E-state index in [1.54, 1.807) is 18.2 Å². The van der Waals surface area contributed by atoms with Crippen molar-refractivity contribution in [1.29, 1.82) is 0 Å². The first-order valence-electron chi connectivity index (χ1n) is 13.1. The smallest absolute Gasteiger partial charge is 0.119 e. The molecule has 178 valence electrons. The summed E-state index contributed by atoms with van der Waals surface area (Å²) in [4.78, 5) is 2.84. The zero-order valence-electron chi connectivity index (χ0n) is 21.3. The van der Waals surface area contributed by atoms with Crippen molar-refractivity contribution >= 4 is 5.69 Å². The Morgan fingerprint density at radius 3 is 2.52 bits per heavy atom. The number of likely N-dealkylation sites (tertiary alicyclic amines) is 1. The molecule has 3 atom stereocenters. The van der Waals surface area contributed by atoms with Crippen molar-refractivity contribution in [3.05, 3.63) is 59.2 Å². The minimum atomic E-state index is 0.196. The predicted octanol–water partition coefficient (Wildman–Crippen LogP) is 6.41. The van der Waals surface area contributed by atoms with Gasteiger partial charge in [0, 0.05) is 30.2 Å². The molecule has 2 bridgehead atoms. The summed E-state index contributed by atoms with van der Waals surface area (Å²) in [5, 5.41) is 3.76. The minimum absolute atomic E-state index is 0.196. The third-order valence-corrected chi connectivity index (χ3v) is 8.89. The third-order valence-electron chi connectivity index (χ3n) is 8.89. The maximum absolute atomic E-state index is 5.67. The minimum Gasteiger partial charge on any atom is -0.497 e. The van der Waals surface area contributed by atoms with Crippen molar-refractivity contribution in [1.82, 2.24) is 4.90 Å². The Morgan fingerprint density at radius 1 is 1.09 bits per heavy atom. The van der Waals surface area contributed by atoms with Crippen LogP contribution in [0.3, 0.4) is 0 Å². The van der Waals surface area contributed by atoms with E-state index in [0.29, 0.717) is 12.0 Å². The van der Waals surface area contributed by atoms with E-state index in [0.717, 1.165) is 18.2 Å². The summed E-state index contributed by atoms with van der Waals surface area (Å²) in [7, 11) is 1.80. The van der Waals surface area contributed by atoms with Gasteiger partial charge in [-0.1, -0.05) is 45.9 Å². The van der Waals surface area contributed by atoms with Crippen LogP contribution in [0.15, 0.2) is 42.5 Å². The summed E-state index contributed by atoms with van der Waals surface area (Å²) in [5.74, 6) is 2.62. The molecule has 2 aliphatic carbocycles. The number of nitrogens with one attached hydrogen (secondary N) is 1. The first-order chi connectivity index (χ1) is 15.8. The van der Waals surface area contributed by atoms with Crippen molar-refractivity contribution in [2.75, 3.05) is 32.1 Å². The second kappa shape index (κ2) is 8.65. The lowest BCUT2D eigenvalue weighted by Gasteiger charge is -2.56. The number of rotatable bonds is 7. The van der Waals surface area contributed by atoms with E-state index in [9.17, 15) is 0 Å². The normalized spacial score (nSPS) is 27.2. The number of anilines is 1. The van der Waals surface area contributed by atoms with E-state index in [2.05, 4.69) is 80.4 Å². The Morgan fingerprint density at radius 2 is 1.85 bits per heavy atom. The summed E-state index contributed by atoms with van der Waals surface area (Å²) in [5.41, 5.74) is 6.15. The van der Waals surface area contributed by atoms with Gasteiger partial charge in [-0.15, -0.1) is 0 Å². The number of ether oxygens (including phenoxy) is 1. The molecule has 0 spiro atoms. The molecule has 1 saturated heterocycles. The average Bonchev–Trinajstić information content (AvgIpc) is 3.61. The molecular weight excluding hydrogens is 404 g/mol. The second-order valence-electron chi connectivity index (χ2n) is 11.9. The van der Waals surface area contributed by atoms with Gasteiger partial charge in [0.25, 0.3) is 0 Å². The maximum atomic E-state index is 5.67. The van der Waals surface area contributed by atoms with Gasteiger partial charge in [0.05, 0.1) is 7.11 Å². The Hall–Kier alpha value is -2.00. The van der Waals surface area contributed by atoms with Gasteiger partial charge in [-0.3, -0.25) is 4.90 Å². The fourth-order valence-electron chi connectivity index (χ4n) is 6.52. The molecule has 2 aromatic carbocycles. The van der Waals surface area contributed by atoms with Crippen LogP contribution in [0.25, 0.3) is 0 Å².